The molecule has 4 nitrogen and oxygen atoms in total. The number of nitrogens with two attached hydrogens (primary N) is 1. The maximum absolute atomic E-state index is 12.5. The first kappa shape index (κ1) is 17.1. The van der Waals surface area contributed by atoms with Crippen LogP contribution in [0.5, 0.6) is 0 Å². The first-order valence-electron chi connectivity index (χ1n) is 5.43. The highest BCUT2D eigenvalue weighted by atomic mass is 79.9. The number of sulfonamides is 1. The molecule has 0 spiro atoms. The van der Waals surface area contributed by atoms with Gasteiger partial charge in [-0.15, -0.1) is 0 Å². The fraction of sp³-hybridized carbons (Fsp3) is 0. The summed E-state index contributed by atoms with van der Waals surface area (Å²) in [4.78, 5) is 0.0516. The molecule has 0 aliphatic carbocycles. The van der Waals surface area contributed by atoms with Gasteiger partial charge < -0.3 is 5.73 Å². The molecule has 0 heterocycles. The number of benzene rings is 2. The molecule has 2 aromatic carbocycles. The lowest BCUT2D eigenvalue weighted by Crippen LogP contribution is -2.14. The number of hydrogen-bond acceptors (Lipinski definition) is 3. The van der Waals surface area contributed by atoms with Crippen molar-refractivity contribution in [3.63, 3.8) is 0 Å². The Morgan fingerprint density at radius 1 is 1.05 bits per heavy atom. The highest BCUT2D eigenvalue weighted by Crippen LogP contribution is 2.35. The van der Waals surface area contributed by atoms with Crippen LogP contribution in [0.2, 0.25) is 5.02 Å². The molecule has 0 saturated carbocycles. The molecule has 21 heavy (non-hydrogen) atoms. The molecule has 0 aliphatic rings. The van der Waals surface area contributed by atoms with Crippen LogP contribution in [-0.4, -0.2) is 8.42 Å². The van der Waals surface area contributed by atoms with Crippen molar-refractivity contribution in [1.29, 1.82) is 0 Å². The zero-order valence-electron chi connectivity index (χ0n) is 10.2. The summed E-state index contributed by atoms with van der Waals surface area (Å²) in [5, 5.41) is 0.288. The summed E-state index contributed by atoms with van der Waals surface area (Å²) < 4.78 is 28.9. The lowest BCUT2D eigenvalue weighted by atomic mass is 10.3. The van der Waals surface area contributed by atoms with Gasteiger partial charge in [0, 0.05) is 19.1 Å². The van der Waals surface area contributed by atoms with Gasteiger partial charge >= 0.3 is 0 Å². The van der Waals surface area contributed by atoms with Gasteiger partial charge in [0.05, 0.1) is 10.7 Å². The summed E-state index contributed by atoms with van der Waals surface area (Å²) in [5.74, 6) is 0. The second-order valence-electron chi connectivity index (χ2n) is 4.04. The van der Waals surface area contributed by atoms with Crippen molar-refractivity contribution in [2.45, 2.75) is 4.90 Å². The number of anilines is 2. The van der Waals surface area contributed by atoms with E-state index in [9.17, 15) is 8.42 Å². The van der Waals surface area contributed by atoms with E-state index >= 15 is 0 Å². The summed E-state index contributed by atoms with van der Waals surface area (Å²) in [6, 6.07) is 7.90. The van der Waals surface area contributed by atoms with Crippen molar-refractivity contribution in [1.82, 2.24) is 0 Å². The van der Waals surface area contributed by atoms with Crippen LogP contribution in [0.25, 0.3) is 0 Å². The topological polar surface area (TPSA) is 72.2 Å². The molecule has 0 bridgehead atoms. The van der Waals surface area contributed by atoms with E-state index < -0.39 is 10.0 Å². The molecular formula is C12H8Br3ClN2O2S. The van der Waals surface area contributed by atoms with E-state index in [0.717, 1.165) is 4.47 Å². The SMILES string of the molecule is Nc1cc(Br)c(S(=O)(=O)Nc2ccc(Br)cc2Cl)c(Br)c1. The Hall–Kier alpha value is -0.280. The van der Waals surface area contributed by atoms with E-state index in [1.165, 1.54) is 12.1 Å². The average Bonchev–Trinajstić information content (AvgIpc) is 2.30. The Kier molecular flexibility index (Phi) is 5.25. The lowest BCUT2D eigenvalue weighted by molar-refractivity contribution is 0.600. The first-order valence-corrected chi connectivity index (χ1v) is 9.67. The van der Waals surface area contributed by atoms with Gasteiger partial charge in [-0.25, -0.2) is 8.42 Å². The van der Waals surface area contributed by atoms with Gasteiger partial charge in [0.2, 0.25) is 0 Å². The smallest absolute Gasteiger partial charge is 0.264 e. The van der Waals surface area contributed by atoms with Gasteiger partial charge in [-0.05, 0) is 62.2 Å². The van der Waals surface area contributed by atoms with E-state index in [2.05, 4.69) is 52.5 Å². The Labute approximate surface area is 152 Å². The minimum absolute atomic E-state index is 0.0516. The predicted octanol–water partition coefficient (Wildman–Crippen LogP) is 5.01. The number of nitrogen functional groups attached to an aromatic ring is 1. The molecule has 0 radical (unpaired) electrons. The molecule has 9 heteroatoms. The number of hydrogen-bond donors (Lipinski definition) is 2. The monoisotopic (exact) mass is 516 g/mol. The van der Waals surface area contributed by atoms with Crippen molar-refractivity contribution < 1.29 is 8.42 Å². The Balaban J connectivity index is 2.48. The van der Waals surface area contributed by atoms with Crippen molar-refractivity contribution in [2.24, 2.45) is 0 Å². The minimum atomic E-state index is -3.83. The van der Waals surface area contributed by atoms with E-state index in [0.29, 0.717) is 14.6 Å². The quantitative estimate of drug-likeness (QED) is 0.561. The normalized spacial score (nSPS) is 11.4. The highest BCUT2D eigenvalue weighted by molar-refractivity contribution is 9.11. The summed E-state index contributed by atoms with van der Waals surface area (Å²) in [5.41, 5.74) is 6.39. The van der Waals surface area contributed by atoms with Gasteiger partial charge in [-0.2, -0.15) is 0 Å². The highest BCUT2D eigenvalue weighted by Gasteiger charge is 2.22. The summed E-state index contributed by atoms with van der Waals surface area (Å²) >= 11 is 15.7. The minimum Gasteiger partial charge on any atom is -0.399 e. The first-order chi connectivity index (χ1) is 9.70. The predicted molar refractivity (Wildman–Crippen MR) is 96.2 cm³/mol. The van der Waals surface area contributed by atoms with Crippen LogP contribution in [0.1, 0.15) is 0 Å². The third kappa shape index (κ3) is 3.92. The maximum Gasteiger partial charge on any atom is 0.264 e. The van der Waals surface area contributed by atoms with Gasteiger partial charge in [0.15, 0.2) is 0 Å². The molecular weight excluding hydrogens is 511 g/mol. The third-order valence-electron chi connectivity index (χ3n) is 2.46. The van der Waals surface area contributed by atoms with E-state index in [-0.39, 0.29) is 15.6 Å². The molecule has 0 amide bonds. The van der Waals surface area contributed by atoms with Crippen molar-refractivity contribution in [3.05, 3.63) is 48.8 Å². The summed E-state index contributed by atoms with van der Waals surface area (Å²) in [7, 11) is -3.83. The molecule has 112 valence electrons. The van der Waals surface area contributed by atoms with E-state index in [1.807, 2.05) is 0 Å². The van der Waals surface area contributed by atoms with E-state index in [4.69, 9.17) is 17.3 Å². The van der Waals surface area contributed by atoms with Gasteiger partial charge in [-0.1, -0.05) is 27.5 Å². The molecule has 2 aromatic rings. The molecule has 2 rings (SSSR count). The van der Waals surface area contributed by atoms with Crippen LogP contribution in [0.15, 0.2) is 48.6 Å². The van der Waals surface area contributed by atoms with Crippen LogP contribution >= 0.6 is 59.4 Å². The Bertz CT molecular complexity index is 789. The molecule has 3 N–H and O–H groups in total. The fourth-order valence-electron chi connectivity index (χ4n) is 1.60. The second-order valence-corrected chi connectivity index (χ2v) is 8.69. The zero-order valence-corrected chi connectivity index (χ0v) is 16.5. The maximum atomic E-state index is 12.5. The summed E-state index contributed by atoms with van der Waals surface area (Å²) in [6.45, 7) is 0. The third-order valence-corrected chi connectivity index (χ3v) is 6.51. The van der Waals surface area contributed by atoms with Crippen molar-refractivity contribution in [3.8, 4) is 0 Å². The molecule has 0 fully saturated rings. The van der Waals surface area contributed by atoms with Crippen LogP contribution in [0.4, 0.5) is 11.4 Å². The lowest BCUT2D eigenvalue weighted by Gasteiger charge is -2.13. The molecule has 0 saturated heterocycles. The van der Waals surface area contributed by atoms with Crippen molar-refractivity contribution in [2.75, 3.05) is 10.5 Å². The zero-order chi connectivity index (χ0) is 15.8. The standard InChI is InChI=1S/C12H8Br3ClN2O2S/c13-6-1-2-11(10(16)3-6)18-21(19,20)12-8(14)4-7(17)5-9(12)15/h1-5,18H,17H2. The second kappa shape index (κ2) is 6.45. The van der Waals surface area contributed by atoms with Crippen LogP contribution in [0, 0.1) is 0 Å². The van der Waals surface area contributed by atoms with Crippen LogP contribution < -0.4 is 10.5 Å². The van der Waals surface area contributed by atoms with Crippen LogP contribution in [0.3, 0.4) is 0 Å². The number of rotatable bonds is 3. The Morgan fingerprint density at radius 3 is 2.14 bits per heavy atom. The molecule has 0 aliphatic heterocycles. The van der Waals surface area contributed by atoms with Gasteiger partial charge in [0.1, 0.15) is 4.90 Å². The molecule has 0 atom stereocenters. The molecule has 0 unspecified atom stereocenters. The number of halogens is 4. The molecule has 0 aromatic heterocycles. The van der Waals surface area contributed by atoms with Gasteiger partial charge in [0.25, 0.3) is 10.0 Å². The van der Waals surface area contributed by atoms with Crippen molar-refractivity contribution >= 4 is 80.8 Å². The van der Waals surface area contributed by atoms with Gasteiger partial charge in [-0.3, -0.25) is 4.72 Å². The van der Waals surface area contributed by atoms with Crippen LogP contribution in [-0.2, 0) is 10.0 Å². The number of nitrogens with one attached hydrogen (secondary N) is 1. The average molecular weight is 519 g/mol. The fourth-order valence-corrected chi connectivity index (χ4v) is 6.08. The largest absolute Gasteiger partial charge is 0.399 e. The van der Waals surface area contributed by atoms with E-state index in [1.54, 1.807) is 18.2 Å². The Morgan fingerprint density at radius 2 is 1.62 bits per heavy atom. The summed E-state index contributed by atoms with van der Waals surface area (Å²) in [6.07, 6.45) is 0.